The minimum atomic E-state index is -1.59. The Kier molecular flexibility index (Phi) is 6.46. The lowest BCUT2D eigenvalue weighted by Gasteiger charge is -2.14. The lowest BCUT2D eigenvalue weighted by Crippen LogP contribution is -2.15. The van der Waals surface area contributed by atoms with Gasteiger partial charge in [0.1, 0.15) is 28.5 Å². The Morgan fingerprint density at radius 3 is 2.62 bits per heavy atom. The van der Waals surface area contributed by atoms with Crippen LogP contribution < -0.4 is 5.32 Å². The summed E-state index contributed by atoms with van der Waals surface area (Å²) in [6.45, 7) is 3.78. The third-order valence-corrected chi connectivity index (χ3v) is 5.42. The van der Waals surface area contributed by atoms with Crippen LogP contribution in [0.1, 0.15) is 25.0 Å². The van der Waals surface area contributed by atoms with Crippen molar-refractivity contribution < 1.29 is 14.0 Å². The van der Waals surface area contributed by atoms with Gasteiger partial charge in [-0.2, -0.15) is 3.97 Å². The van der Waals surface area contributed by atoms with Crippen molar-refractivity contribution in [2.75, 3.05) is 7.05 Å². The van der Waals surface area contributed by atoms with Gasteiger partial charge in [-0.15, -0.1) is 0 Å². The Morgan fingerprint density at radius 1 is 1.17 bits per heavy atom. The number of aliphatic hydroxyl groups is 1. The Hall–Kier alpha value is -2.56. The maximum absolute atomic E-state index is 14.4. The van der Waals surface area contributed by atoms with Gasteiger partial charge < -0.3 is 15.0 Å². The predicted molar refractivity (Wildman–Crippen MR) is 114 cm³/mol. The van der Waals surface area contributed by atoms with Crippen LogP contribution in [0, 0.1) is 17.7 Å². The Morgan fingerprint density at radius 2 is 1.93 bits per heavy atom. The van der Waals surface area contributed by atoms with Crippen LogP contribution in [0.3, 0.4) is 0 Å². The summed E-state index contributed by atoms with van der Waals surface area (Å²) < 4.78 is 29.4. The lowest BCUT2D eigenvalue weighted by atomic mass is 10.1. The van der Waals surface area contributed by atoms with E-state index in [0.717, 1.165) is 5.56 Å². The molecule has 0 bridgehead atoms. The molecular formula is C23H23FN2O2S. The molecule has 0 saturated carbocycles. The van der Waals surface area contributed by atoms with Crippen molar-refractivity contribution in [3.63, 3.8) is 0 Å². The molecule has 0 amide bonds. The first-order chi connectivity index (χ1) is 13.8. The summed E-state index contributed by atoms with van der Waals surface area (Å²) >= 11 is -1.59. The fourth-order valence-corrected chi connectivity index (χ4v) is 4.03. The predicted octanol–water partition coefficient (Wildman–Crippen LogP) is 3.71. The van der Waals surface area contributed by atoms with E-state index in [-0.39, 0.29) is 5.82 Å². The van der Waals surface area contributed by atoms with E-state index in [1.165, 1.54) is 6.07 Å². The highest BCUT2D eigenvalue weighted by atomic mass is 32.2. The fraction of sp³-hybridized carbons (Fsp3) is 0.217. The van der Waals surface area contributed by atoms with Gasteiger partial charge in [-0.25, -0.2) is 4.39 Å². The van der Waals surface area contributed by atoms with E-state index in [0.29, 0.717) is 28.3 Å². The molecule has 0 radical (unpaired) electrons. The number of benzene rings is 2. The summed E-state index contributed by atoms with van der Waals surface area (Å²) in [5.74, 6) is 5.28. The molecule has 1 unspecified atom stereocenters. The van der Waals surface area contributed by atoms with E-state index in [2.05, 4.69) is 17.2 Å². The molecule has 0 aliphatic heterocycles. The Balaban J connectivity index is 2.04. The lowest BCUT2D eigenvalue weighted by molar-refractivity contribution is 0.143. The van der Waals surface area contributed by atoms with Crippen molar-refractivity contribution in [1.82, 2.24) is 9.29 Å². The average Bonchev–Trinajstić information content (AvgIpc) is 3.10. The molecule has 150 valence electrons. The molecule has 2 N–H and O–H groups in total. The number of hydrogen-bond donors (Lipinski definition) is 2. The second-order valence-electron chi connectivity index (χ2n) is 7.16. The van der Waals surface area contributed by atoms with Gasteiger partial charge in [0, 0.05) is 23.7 Å². The molecule has 6 heteroatoms. The molecule has 2 aromatic carbocycles. The molecule has 4 nitrogen and oxygen atoms in total. The number of rotatable bonds is 5. The van der Waals surface area contributed by atoms with Crippen molar-refractivity contribution in [1.29, 1.82) is 0 Å². The zero-order chi connectivity index (χ0) is 21.0. The van der Waals surface area contributed by atoms with Crippen LogP contribution in [0.2, 0.25) is 0 Å². The summed E-state index contributed by atoms with van der Waals surface area (Å²) in [4.78, 5) is 0.539. The molecule has 0 aliphatic carbocycles. The van der Waals surface area contributed by atoms with E-state index >= 15 is 0 Å². The monoisotopic (exact) mass is 410 g/mol. The first-order valence-electron chi connectivity index (χ1n) is 9.17. The highest BCUT2D eigenvalue weighted by Crippen LogP contribution is 2.29. The Labute approximate surface area is 173 Å². The number of nitrogens with one attached hydrogen (secondary N) is 1. The van der Waals surface area contributed by atoms with Crippen LogP contribution in [0.25, 0.3) is 11.3 Å². The molecule has 0 fully saturated rings. The van der Waals surface area contributed by atoms with Crippen molar-refractivity contribution >= 4 is 11.4 Å². The van der Waals surface area contributed by atoms with E-state index in [1.807, 2.05) is 13.1 Å². The zero-order valence-electron chi connectivity index (χ0n) is 16.6. The van der Waals surface area contributed by atoms with Gasteiger partial charge in [0.25, 0.3) is 0 Å². The van der Waals surface area contributed by atoms with Gasteiger partial charge >= 0.3 is 0 Å². The molecular weight excluding hydrogens is 387 g/mol. The standard InChI is InChI=1S/C23H23FN2O2S/c1-23(2,27)12-11-17-7-6-8-19(13-17)29(28)26-16-18(15-25-3)14-22(26)20-9-4-5-10-21(20)24/h4-10,13-14,16,25,27H,15H2,1-3H3. The minimum Gasteiger partial charge on any atom is -0.587 e. The van der Waals surface area contributed by atoms with Crippen LogP contribution in [0.5, 0.6) is 0 Å². The summed E-state index contributed by atoms with van der Waals surface area (Å²) in [6, 6.07) is 15.3. The minimum absolute atomic E-state index is 0.371. The first kappa shape index (κ1) is 21.2. The molecule has 1 aromatic heterocycles. The second-order valence-corrected chi connectivity index (χ2v) is 8.52. The number of aromatic nitrogens is 1. The topological polar surface area (TPSA) is 60.2 Å². The molecule has 1 heterocycles. The van der Waals surface area contributed by atoms with E-state index in [9.17, 15) is 14.0 Å². The fourth-order valence-electron chi connectivity index (χ4n) is 2.82. The van der Waals surface area contributed by atoms with Gasteiger partial charge in [-0.05, 0) is 56.8 Å². The third-order valence-electron chi connectivity index (χ3n) is 4.10. The van der Waals surface area contributed by atoms with E-state index in [4.69, 9.17) is 0 Å². The average molecular weight is 411 g/mol. The summed E-state index contributed by atoms with van der Waals surface area (Å²) in [5.41, 5.74) is 1.36. The molecule has 0 aliphatic rings. The van der Waals surface area contributed by atoms with Crippen LogP contribution >= 0.6 is 0 Å². The first-order valence-corrected chi connectivity index (χ1v) is 10.3. The zero-order valence-corrected chi connectivity index (χ0v) is 17.4. The van der Waals surface area contributed by atoms with Crippen molar-refractivity contribution in [2.45, 2.75) is 30.9 Å². The molecule has 3 aromatic rings. The number of hydrogen-bond acceptors (Lipinski definition) is 3. The SMILES string of the molecule is CNCc1cc(-c2ccccc2F)n([S+]([O-])c2cccc(C#CC(C)(C)O)c2)c1. The number of nitrogens with zero attached hydrogens (tertiary/aromatic N) is 1. The molecule has 0 spiro atoms. The van der Waals surface area contributed by atoms with Crippen molar-refractivity contribution in [3.8, 4) is 23.1 Å². The number of halogens is 1. The molecule has 29 heavy (non-hydrogen) atoms. The molecule has 3 rings (SSSR count). The summed E-state index contributed by atoms with van der Waals surface area (Å²) in [5, 5.41) is 12.9. The summed E-state index contributed by atoms with van der Waals surface area (Å²) in [6.07, 6.45) is 1.77. The van der Waals surface area contributed by atoms with Crippen LogP contribution in [-0.2, 0) is 17.9 Å². The van der Waals surface area contributed by atoms with Crippen LogP contribution in [-0.4, -0.2) is 26.3 Å². The Bertz CT molecular complexity index is 1060. The molecule has 0 saturated heterocycles. The third kappa shape index (κ3) is 5.28. The van der Waals surface area contributed by atoms with Gasteiger partial charge in [-0.3, -0.25) is 0 Å². The highest BCUT2D eigenvalue weighted by Gasteiger charge is 2.22. The highest BCUT2D eigenvalue weighted by molar-refractivity contribution is 7.90. The largest absolute Gasteiger partial charge is 0.587 e. The van der Waals surface area contributed by atoms with E-state index in [1.54, 1.807) is 66.5 Å². The molecule has 1 atom stereocenters. The maximum atomic E-state index is 14.4. The van der Waals surface area contributed by atoms with Gasteiger partial charge in [-0.1, -0.05) is 30.0 Å². The van der Waals surface area contributed by atoms with Gasteiger partial charge in [0.05, 0.1) is 6.20 Å². The van der Waals surface area contributed by atoms with Crippen molar-refractivity contribution in [2.24, 2.45) is 0 Å². The van der Waals surface area contributed by atoms with Gasteiger partial charge in [0.15, 0.2) is 4.90 Å². The summed E-state index contributed by atoms with van der Waals surface area (Å²) in [7, 11) is 1.82. The van der Waals surface area contributed by atoms with Gasteiger partial charge in [0.2, 0.25) is 0 Å². The van der Waals surface area contributed by atoms with Crippen molar-refractivity contribution in [3.05, 3.63) is 77.7 Å². The normalized spacial score (nSPS) is 12.3. The smallest absolute Gasteiger partial charge is 0.181 e. The maximum Gasteiger partial charge on any atom is 0.181 e. The van der Waals surface area contributed by atoms with E-state index < -0.39 is 17.0 Å². The quantitative estimate of drug-likeness (QED) is 0.498. The second kappa shape index (κ2) is 8.85. The van der Waals surface area contributed by atoms with Crippen LogP contribution in [0.15, 0.2) is 65.7 Å². The van der Waals surface area contributed by atoms with Crippen LogP contribution in [0.4, 0.5) is 4.39 Å².